The highest BCUT2D eigenvalue weighted by Gasteiger charge is 2.28. The van der Waals surface area contributed by atoms with Gasteiger partial charge in [0, 0.05) is 13.1 Å². The Hall–Kier alpha value is -2.24. The fourth-order valence-electron chi connectivity index (χ4n) is 2.83. The van der Waals surface area contributed by atoms with Crippen molar-refractivity contribution in [3.05, 3.63) is 29.3 Å². The number of piperidine rings is 1. The maximum absolute atomic E-state index is 12.1. The predicted octanol–water partition coefficient (Wildman–Crippen LogP) is 3.29. The lowest BCUT2D eigenvalue weighted by molar-refractivity contribution is 0.0204. The van der Waals surface area contributed by atoms with Crippen LogP contribution >= 0.6 is 0 Å². The first-order valence-electron chi connectivity index (χ1n) is 8.10. The minimum Gasteiger partial charge on any atom is -0.508 e. The van der Waals surface area contributed by atoms with Gasteiger partial charge in [-0.2, -0.15) is 0 Å². The van der Waals surface area contributed by atoms with Gasteiger partial charge >= 0.3 is 12.1 Å². The van der Waals surface area contributed by atoms with Crippen LogP contribution in [0.2, 0.25) is 0 Å². The number of carbonyl (C=O) groups is 2. The van der Waals surface area contributed by atoms with Crippen LogP contribution in [0.15, 0.2) is 18.2 Å². The molecule has 0 aromatic heterocycles. The van der Waals surface area contributed by atoms with Crippen molar-refractivity contribution in [2.45, 2.75) is 45.1 Å². The summed E-state index contributed by atoms with van der Waals surface area (Å²) in [5.74, 6) is -0.236. The van der Waals surface area contributed by atoms with Gasteiger partial charge < -0.3 is 19.5 Å². The van der Waals surface area contributed by atoms with Gasteiger partial charge in [0.25, 0.3) is 0 Å². The fourth-order valence-corrected chi connectivity index (χ4v) is 2.83. The van der Waals surface area contributed by atoms with Gasteiger partial charge in [0.15, 0.2) is 0 Å². The number of esters is 1. The van der Waals surface area contributed by atoms with E-state index < -0.39 is 11.6 Å². The number of nitrogens with zero attached hydrogens (tertiary/aromatic N) is 1. The van der Waals surface area contributed by atoms with Crippen LogP contribution in [-0.2, 0) is 9.47 Å². The van der Waals surface area contributed by atoms with E-state index in [0.717, 1.165) is 18.4 Å². The standard InChI is InChI=1S/C18H25NO5/c1-18(2,3)24-17(22)19-9-7-12(8-10-19)14-6-5-13(11-15(14)20)16(21)23-4/h5-6,11-12,20H,7-10H2,1-4H3. The predicted molar refractivity (Wildman–Crippen MR) is 89.2 cm³/mol. The van der Waals surface area contributed by atoms with Gasteiger partial charge in [-0.3, -0.25) is 0 Å². The molecule has 1 amide bonds. The van der Waals surface area contributed by atoms with E-state index in [1.807, 2.05) is 20.8 Å². The van der Waals surface area contributed by atoms with Gasteiger partial charge in [0.05, 0.1) is 12.7 Å². The molecule has 0 bridgehead atoms. The Kier molecular flexibility index (Phi) is 5.36. The monoisotopic (exact) mass is 335 g/mol. The molecule has 132 valence electrons. The molecule has 6 heteroatoms. The third-order valence-corrected chi connectivity index (χ3v) is 4.04. The van der Waals surface area contributed by atoms with Crippen LogP contribution in [0, 0.1) is 0 Å². The van der Waals surface area contributed by atoms with E-state index in [-0.39, 0.29) is 17.8 Å². The number of ether oxygens (including phenoxy) is 2. The Labute approximate surface area is 142 Å². The Bertz CT molecular complexity index is 612. The lowest BCUT2D eigenvalue weighted by Gasteiger charge is -2.33. The van der Waals surface area contributed by atoms with E-state index >= 15 is 0 Å². The number of hydrogen-bond donors (Lipinski definition) is 1. The van der Waals surface area contributed by atoms with E-state index in [1.165, 1.54) is 13.2 Å². The highest BCUT2D eigenvalue weighted by Crippen LogP contribution is 2.34. The Morgan fingerprint density at radius 1 is 1.21 bits per heavy atom. The topological polar surface area (TPSA) is 76.1 Å². The molecular formula is C18H25NO5. The van der Waals surface area contributed by atoms with E-state index in [9.17, 15) is 14.7 Å². The number of phenols is 1. The molecule has 0 aliphatic carbocycles. The summed E-state index contributed by atoms with van der Waals surface area (Å²) in [6.07, 6.45) is 1.18. The molecule has 0 unspecified atom stereocenters. The molecule has 1 heterocycles. The summed E-state index contributed by atoms with van der Waals surface area (Å²) in [6, 6.07) is 4.85. The molecule has 1 aliphatic heterocycles. The first-order valence-corrected chi connectivity index (χ1v) is 8.10. The average Bonchev–Trinajstić information content (AvgIpc) is 2.52. The van der Waals surface area contributed by atoms with Crippen molar-refractivity contribution in [2.75, 3.05) is 20.2 Å². The van der Waals surface area contributed by atoms with E-state index in [4.69, 9.17) is 4.74 Å². The molecule has 0 radical (unpaired) electrons. The summed E-state index contributed by atoms with van der Waals surface area (Å²) in [6.45, 7) is 6.70. The zero-order valence-corrected chi connectivity index (χ0v) is 14.7. The Balaban J connectivity index is 2.00. The van der Waals surface area contributed by atoms with Crippen LogP contribution in [0.1, 0.15) is 55.5 Å². The minimum absolute atomic E-state index is 0.0913. The van der Waals surface area contributed by atoms with Crippen LogP contribution in [0.25, 0.3) is 0 Å². The molecule has 1 aromatic carbocycles. The lowest BCUT2D eigenvalue weighted by Crippen LogP contribution is -2.41. The molecule has 0 spiro atoms. The molecule has 1 aromatic rings. The Morgan fingerprint density at radius 3 is 2.33 bits per heavy atom. The van der Waals surface area contributed by atoms with Gasteiger partial charge in [0.1, 0.15) is 11.4 Å². The van der Waals surface area contributed by atoms with Crippen molar-refractivity contribution < 1.29 is 24.2 Å². The summed E-state index contributed by atoms with van der Waals surface area (Å²) < 4.78 is 10.0. The number of methoxy groups -OCH3 is 1. The lowest BCUT2D eigenvalue weighted by atomic mass is 9.88. The first-order chi connectivity index (χ1) is 11.2. The maximum atomic E-state index is 12.1. The number of rotatable bonds is 2. The SMILES string of the molecule is COC(=O)c1ccc(C2CCN(C(=O)OC(C)(C)C)CC2)c(O)c1. The molecule has 1 N–H and O–H groups in total. The average molecular weight is 335 g/mol. The zero-order valence-electron chi connectivity index (χ0n) is 14.7. The van der Waals surface area contributed by atoms with Crippen molar-refractivity contribution in [3.8, 4) is 5.75 Å². The number of hydrogen-bond acceptors (Lipinski definition) is 5. The maximum Gasteiger partial charge on any atom is 0.410 e. The van der Waals surface area contributed by atoms with Crippen molar-refractivity contribution in [3.63, 3.8) is 0 Å². The van der Waals surface area contributed by atoms with Crippen molar-refractivity contribution in [1.82, 2.24) is 4.90 Å². The number of phenolic OH excluding ortho intramolecular Hbond substituents is 1. The van der Waals surface area contributed by atoms with Crippen molar-refractivity contribution in [1.29, 1.82) is 0 Å². The zero-order chi connectivity index (χ0) is 17.9. The van der Waals surface area contributed by atoms with Crippen LogP contribution in [-0.4, -0.2) is 47.9 Å². The quantitative estimate of drug-likeness (QED) is 0.839. The van der Waals surface area contributed by atoms with Gasteiger partial charge in [-0.25, -0.2) is 9.59 Å². The molecule has 1 aliphatic rings. The minimum atomic E-state index is -0.504. The molecule has 0 saturated carbocycles. The Morgan fingerprint density at radius 2 is 1.83 bits per heavy atom. The number of likely N-dealkylation sites (tertiary alicyclic amines) is 1. The van der Waals surface area contributed by atoms with Crippen LogP contribution in [0.5, 0.6) is 5.75 Å². The van der Waals surface area contributed by atoms with Crippen LogP contribution < -0.4 is 0 Å². The number of amides is 1. The molecule has 1 saturated heterocycles. The number of benzene rings is 1. The summed E-state index contributed by atoms with van der Waals surface area (Å²) in [5.41, 5.74) is 0.618. The molecule has 2 rings (SSSR count). The highest BCUT2D eigenvalue weighted by atomic mass is 16.6. The first kappa shape index (κ1) is 18.1. The van der Waals surface area contributed by atoms with Gasteiger partial charge in [-0.15, -0.1) is 0 Å². The van der Waals surface area contributed by atoms with Gasteiger partial charge in [-0.1, -0.05) is 6.07 Å². The van der Waals surface area contributed by atoms with Crippen LogP contribution in [0.3, 0.4) is 0 Å². The number of carbonyl (C=O) groups excluding carboxylic acids is 2. The smallest absolute Gasteiger partial charge is 0.410 e. The number of aromatic hydroxyl groups is 1. The summed E-state index contributed by atoms with van der Waals surface area (Å²) in [5, 5.41) is 10.2. The highest BCUT2D eigenvalue weighted by molar-refractivity contribution is 5.89. The summed E-state index contributed by atoms with van der Waals surface area (Å²) in [4.78, 5) is 25.3. The molecular weight excluding hydrogens is 310 g/mol. The van der Waals surface area contributed by atoms with Crippen molar-refractivity contribution >= 4 is 12.1 Å². The molecule has 1 fully saturated rings. The van der Waals surface area contributed by atoms with Gasteiger partial charge in [0.2, 0.25) is 0 Å². The molecule has 0 atom stereocenters. The summed E-state index contributed by atoms with van der Waals surface area (Å²) in [7, 11) is 1.31. The molecule has 6 nitrogen and oxygen atoms in total. The fraction of sp³-hybridized carbons (Fsp3) is 0.556. The van der Waals surface area contributed by atoms with E-state index in [0.29, 0.717) is 18.7 Å². The third kappa shape index (κ3) is 4.40. The molecule has 24 heavy (non-hydrogen) atoms. The van der Waals surface area contributed by atoms with Gasteiger partial charge in [-0.05, 0) is 57.2 Å². The summed E-state index contributed by atoms with van der Waals surface area (Å²) >= 11 is 0. The second-order valence-electron chi connectivity index (χ2n) is 7.01. The van der Waals surface area contributed by atoms with Crippen molar-refractivity contribution in [2.24, 2.45) is 0 Å². The second-order valence-corrected chi connectivity index (χ2v) is 7.01. The third-order valence-electron chi connectivity index (χ3n) is 4.04. The second kappa shape index (κ2) is 7.11. The van der Waals surface area contributed by atoms with E-state index in [1.54, 1.807) is 17.0 Å². The largest absolute Gasteiger partial charge is 0.508 e. The van der Waals surface area contributed by atoms with Crippen LogP contribution in [0.4, 0.5) is 4.79 Å². The normalized spacial score (nSPS) is 15.9. The van der Waals surface area contributed by atoms with E-state index in [2.05, 4.69) is 4.74 Å².